The number of pyridine rings is 2. The maximum Gasteiger partial charge on any atom is 0.265 e. The largest absolute Gasteiger partial charge is 0.478 e. The lowest BCUT2D eigenvalue weighted by atomic mass is 10.0. The Bertz CT molecular complexity index is 1730. The Morgan fingerprint density at radius 1 is 0.943 bits per heavy atom. The molecule has 0 aliphatic heterocycles. The van der Waals surface area contributed by atoms with E-state index in [4.69, 9.17) is 9.72 Å². The Labute approximate surface area is 200 Å². The molecule has 172 valence electrons. The zero-order valence-electron chi connectivity index (χ0n) is 19.3. The molecule has 0 aliphatic carbocycles. The van der Waals surface area contributed by atoms with Gasteiger partial charge < -0.3 is 4.74 Å². The van der Waals surface area contributed by atoms with E-state index in [0.29, 0.717) is 23.6 Å². The monoisotopic (exact) mass is 462 g/mol. The molecule has 0 saturated heterocycles. The van der Waals surface area contributed by atoms with Crippen LogP contribution in [-0.2, 0) is 7.05 Å². The maximum absolute atomic E-state index is 14.0. The van der Waals surface area contributed by atoms with Crippen molar-refractivity contribution in [3.05, 3.63) is 89.6 Å². The first-order chi connectivity index (χ1) is 17.1. The summed E-state index contributed by atoms with van der Waals surface area (Å²) in [6.07, 6.45) is 5.49. The average Bonchev–Trinajstić information content (AvgIpc) is 3.53. The van der Waals surface area contributed by atoms with Gasteiger partial charge in [0.1, 0.15) is 0 Å². The van der Waals surface area contributed by atoms with Gasteiger partial charge in [0.05, 0.1) is 28.9 Å². The Hall–Kier alpha value is -4.72. The van der Waals surface area contributed by atoms with Crippen molar-refractivity contribution in [3.8, 4) is 34.0 Å². The molecule has 2 aromatic carbocycles. The van der Waals surface area contributed by atoms with Crippen LogP contribution in [0.25, 0.3) is 49.9 Å². The van der Waals surface area contributed by atoms with Crippen LogP contribution in [0, 0.1) is 0 Å². The standard InChI is InChI=1S/C27H22N6O2/c1-3-35-24-11-8-19-16-33(21-9-10-23-20(14-21)15-32(2)31-23)27(34)25(26(19)29-24)18-6-4-17(5-7-18)22-12-13-28-30-22/h4-16H,3H2,1-2H3,(H,28,30). The molecular formula is C27H22N6O2. The van der Waals surface area contributed by atoms with Crippen molar-refractivity contribution in [3.63, 3.8) is 0 Å². The zero-order valence-corrected chi connectivity index (χ0v) is 19.3. The Morgan fingerprint density at radius 3 is 2.54 bits per heavy atom. The van der Waals surface area contributed by atoms with Gasteiger partial charge in [-0.25, -0.2) is 4.98 Å². The second kappa shape index (κ2) is 8.25. The molecule has 0 fully saturated rings. The molecule has 0 spiro atoms. The molecule has 0 aliphatic rings. The lowest BCUT2D eigenvalue weighted by Gasteiger charge is -2.13. The number of aromatic amines is 1. The molecule has 0 saturated carbocycles. The molecule has 6 rings (SSSR count). The van der Waals surface area contributed by atoms with Crippen LogP contribution in [0.2, 0.25) is 0 Å². The van der Waals surface area contributed by atoms with E-state index in [2.05, 4.69) is 15.3 Å². The molecule has 4 heterocycles. The van der Waals surface area contributed by atoms with Gasteiger partial charge in [0.25, 0.3) is 5.56 Å². The van der Waals surface area contributed by atoms with Crippen LogP contribution >= 0.6 is 0 Å². The number of rotatable bonds is 5. The minimum atomic E-state index is -0.156. The van der Waals surface area contributed by atoms with Gasteiger partial charge >= 0.3 is 0 Å². The van der Waals surface area contributed by atoms with Crippen molar-refractivity contribution in [2.24, 2.45) is 7.05 Å². The fourth-order valence-electron chi connectivity index (χ4n) is 4.38. The van der Waals surface area contributed by atoms with Gasteiger partial charge in [0.2, 0.25) is 5.88 Å². The molecule has 0 bridgehead atoms. The second-order valence-electron chi connectivity index (χ2n) is 8.29. The molecule has 8 nitrogen and oxygen atoms in total. The van der Waals surface area contributed by atoms with Crippen LogP contribution in [0.1, 0.15) is 6.92 Å². The number of ether oxygens (including phenoxy) is 1. The summed E-state index contributed by atoms with van der Waals surface area (Å²) in [7, 11) is 1.88. The van der Waals surface area contributed by atoms with E-state index >= 15 is 0 Å². The van der Waals surface area contributed by atoms with Crippen molar-refractivity contribution in [2.45, 2.75) is 6.92 Å². The number of nitrogens with one attached hydrogen (secondary N) is 1. The third-order valence-corrected chi connectivity index (χ3v) is 6.00. The minimum absolute atomic E-state index is 0.156. The maximum atomic E-state index is 14.0. The van der Waals surface area contributed by atoms with Crippen LogP contribution < -0.4 is 10.3 Å². The SMILES string of the molecule is CCOc1ccc2cn(-c3ccc4nn(C)cc4c3)c(=O)c(-c3ccc(-c4ccn[nH]4)cc3)c2n1. The first kappa shape index (κ1) is 20.9. The molecule has 4 aromatic heterocycles. The van der Waals surface area contributed by atoms with Gasteiger partial charge in [-0.1, -0.05) is 24.3 Å². The minimum Gasteiger partial charge on any atom is -0.478 e. The summed E-state index contributed by atoms with van der Waals surface area (Å²) in [5, 5.41) is 13.2. The van der Waals surface area contributed by atoms with E-state index in [1.165, 1.54) is 0 Å². The van der Waals surface area contributed by atoms with Gasteiger partial charge in [-0.2, -0.15) is 10.2 Å². The number of fused-ring (bicyclic) bond motifs is 2. The topological polar surface area (TPSA) is 90.6 Å². The van der Waals surface area contributed by atoms with E-state index in [1.54, 1.807) is 15.4 Å². The number of H-pyrrole nitrogens is 1. The number of hydrogen-bond acceptors (Lipinski definition) is 5. The van der Waals surface area contributed by atoms with Gasteiger partial charge in [-0.05, 0) is 48.4 Å². The van der Waals surface area contributed by atoms with Crippen LogP contribution in [0.15, 0.2) is 84.0 Å². The molecular weight excluding hydrogens is 440 g/mol. The van der Waals surface area contributed by atoms with E-state index in [9.17, 15) is 4.79 Å². The quantitative estimate of drug-likeness (QED) is 0.400. The van der Waals surface area contributed by atoms with Crippen LogP contribution in [0.3, 0.4) is 0 Å². The highest BCUT2D eigenvalue weighted by Gasteiger charge is 2.16. The molecule has 6 aromatic rings. The number of benzene rings is 2. The lowest BCUT2D eigenvalue weighted by molar-refractivity contribution is 0.328. The molecule has 35 heavy (non-hydrogen) atoms. The van der Waals surface area contributed by atoms with Crippen molar-refractivity contribution >= 4 is 21.8 Å². The van der Waals surface area contributed by atoms with Crippen molar-refractivity contribution < 1.29 is 4.74 Å². The fraction of sp³-hybridized carbons (Fsp3) is 0.111. The Kier molecular flexibility index (Phi) is 4.92. The summed E-state index contributed by atoms with van der Waals surface area (Å²) < 4.78 is 9.08. The molecule has 1 N–H and O–H groups in total. The molecule has 8 heteroatoms. The smallest absolute Gasteiger partial charge is 0.265 e. The van der Waals surface area contributed by atoms with Crippen LogP contribution in [0.4, 0.5) is 0 Å². The summed E-state index contributed by atoms with van der Waals surface area (Å²) in [6.45, 7) is 2.41. The van der Waals surface area contributed by atoms with E-state index in [1.807, 2.05) is 87.0 Å². The average molecular weight is 463 g/mol. The van der Waals surface area contributed by atoms with Crippen molar-refractivity contribution in [1.82, 2.24) is 29.5 Å². The van der Waals surface area contributed by atoms with E-state index < -0.39 is 0 Å². The highest BCUT2D eigenvalue weighted by atomic mass is 16.5. The van der Waals surface area contributed by atoms with Crippen LogP contribution in [0.5, 0.6) is 5.88 Å². The van der Waals surface area contributed by atoms with Gasteiger partial charge in [-0.15, -0.1) is 0 Å². The van der Waals surface area contributed by atoms with Gasteiger partial charge in [-0.3, -0.25) is 19.1 Å². The second-order valence-corrected chi connectivity index (χ2v) is 8.29. The summed E-state index contributed by atoms with van der Waals surface area (Å²) in [5.41, 5.74) is 5.28. The first-order valence-corrected chi connectivity index (χ1v) is 11.3. The normalized spacial score (nSPS) is 11.4. The summed E-state index contributed by atoms with van der Waals surface area (Å²) >= 11 is 0. The fourth-order valence-corrected chi connectivity index (χ4v) is 4.38. The third kappa shape index (κ3) is 3.65. The van der Waals surface area contributed by atoms with Gasteiger partial charge in [0.15, 0.2) is 0 Å². The third-order valence-electron chi connectivity index (χ3n) is 6.00. The molecule has 0 amide bonds. The lowest BCUT2D eigenvalue weighted by Crippen LogP contribution is -2.20. The number of hydrogen-bond donors (Lipinski definition) is 1. The zero-order chi connectivity index (χ0) is 23.9. The van der Waals surface area contributed by atoms with E-state index in [-0.39, 0.29) is 5.56 Å². The molecule has 0 unspecified atom stereocenters. The van der Waals surface area contributed by atoms with Crippen molar-refractivity contribution in [2.75, 3.05) is 6.61 Å². The number of nitrogens with zero attached hydrogens (tertiary/aromatic N) is 5. The summed E-state index contributed by atoms with van der Waals surface area (Å²) in [4.78, 5) is 18.7. The predicted octanol–water partition coefficient (Wildman–Crippen LogP) is 4.73. The summed E-state index contributed by atoms with van der Waals surface area (Å²) in [6, 6.07) is 19.3. The first-order valence-electron chi connectivity index (χ1n) is 11.3. The Balaban J connectivity index is 1.58. The van der Waals surface area contributed by atoms with E-state index in [0.717, 1.165) is 38.8 Å². The number of aryl methyl sites for hydroxylation is 1. The highest BCUT2D eigenvalue weighted by Crippen LogP contribution is 2.29. The predicted molar refractivity (Wildman–Crippen MR) is 136 cm³/mol. The molecule has 0 atom stereocenters. The van der Waals surface area contributed by atoms with Crippen LogP contribution in [-0.4, -0.2) is 36.1 Å². The Morgan fingerprint density at radius 2 is 1.77 bits per heavy atom. The highest BCUT2D eigenvalue weighted by molar-refractivity contribution is 5.94. The number of aromatic nitrogens is 6. The summed E-state index contributed by atoms with van der Waals surface area (Å²) in [5.74, 6) is 0.490. The van der Waals surface area contributed by atoms with Gasteiger partial charge in [0, 0.05) is 48.2 Å². The van der Waals surface area contributed by atoms with Crippen molar-refractivity contribution in [1.29, 1.82) is 0 Å². The molecule has 0 radical (unpaired) electrons.